The molecule has 1 saturated heterocycles. The van der Waals surface area contributed by atoms with E-state index in [1.165, 1.54) is 67.2 Å². The van der Waals surface area contributed by atoms with Gasteiger partial charge in [-0.15, -0.1) is 0 Å². The maximum atomic E-state index is 12.9. The van der Waals surface area contributed by atoms with Crippen molar-refractivity contribution < 1.29 is 9.53 Å². The summed E-state index contributed by atoms with van der Waals surface area (Å²) in [5.74, 6) is 1.45. The van der Waals surface area contributed by atoms with Gasteiger partial charge in [0, 0.05) is 17.9 Å². The van der Waals surface area contributed by atoms with Gasteiger partial charge in [0.05, 0.1) is 6.10 Å². The van der Waals surface area contributed by atoms with Gasteiger partial charge in [-0.1, -0.05) is 101 Å². The molecule has 0 aromatic heterocycles. The van der Waals surface area contributed by atoms with E-state index in [4.69, 9.17) is 4.74 Å². The van der Waals surface area contributed by atoms with E-state index < -0.39 is 0 Å². The van der Waals surface area contributed by atoms with Gasteiger partial charge in [0.25, 0.3) is 5.91 Å². The predicted molar refractivity (Wildman–Crippen MR) is 168 cm³/mol. The topological polar surface area (TPSA) is 38.3 Å². The number of rotatable bonds is 11. The summed E-state index contributed by atoms with van der Waals surface area (Å²) in [5.41, 5.74) is 6.83. The minimum absolute atomic E-state index is 0.0337. The fourth-order valence-electron chi connectivity index (χ4n) is 5.90. The maximum Gasteiger partial charge on any atom is 0.255 e. The van der Waals surface area contributed by atoms with Gasteiger partial charge in [-0.25, -0.2) is 0 Å². The van der Waals surface area contributed by atoms with Crippen molar-refractivity contribution in [2.45, 2.75) is 97.5 Å². The molecule has 3 nitrogen and oxygen atoms in total. The Hall–Kier alpha value is -2.91. The summed E-state index contributed by atoms with van der Waals surface area (Å²) in [5, 5.41) is 3.19. The van der Waals surface area contributed by atoms with Crippen LogP contribution in [0, 0.1) is 11.8 Å². The molecule has 0 radical (unpaired) electrons. The molecule has 2 fully saturated rings. The van der Waals surface area contributed by atoms with E-state index in [1.54, 1.807) is 0 Å². The van der Waals surface area contributed by atoms with Crippen LogP contribution in [0.25, 0.3) is 0 Å². The molecule has 3 atom stereocenters. The van der Waals surface area contributed by atoms with E-state index in [0.29, 0.717) is 11.5 Å². The number of unbranched alkanes of at least 4 members (excludes halogenated alkanes) is 2. The summed E-state index contributed by atoms with van der Waals surface area (Å²) in [7, 11) is 0. The Morgan fingerprint density at radius 3 is 2.30 bits per heavy atom. The minimum Gasteiger partial charge on any atom is -0.373 e. The van der Waals surface area contributed by atoms with Crippen molar-refractivity contribution in [3.63, 3.8) is 0 Å². The quantitative estimate of drug-likeness (QED) is 0.246. The molecule has 1 aliphatic carbocycles. The minimum atomic E-state index is -0.0337. The standard InChI is InChI=1S/C26H33NO2.C11H16/c1-3-6-18-9-11-20(12-10-18)26(28)27-24-17-22(14-13-19(24)7-4-2)25-23-16-21(23)8-5-15-29-25;1-2-3-5-8-11-9-6-4-7-10-11/h9-14,17,21,23,25H,3-8,15-16H2,1-2H3,(H,27,28);4,6-7,9-10H,2-3,5,8H2,1H3. The fourth-order valence-corrected chi connectivity index (χ4v) is 5.90. The van der Waals surface area contributed by atoms with Crippen molar-refractivity contribution >= 4 is 11.6 Å². The predicted octanol–water partition coefficient (Wildman–Crippen LogP) is 9.75. The molecule has 40 heavy (non-hydrogen) atoms. The highest BCUT2D eigenvalue weighted by Crippen LogP contribution is 2.53. The Morgan fingerprint density at radius 1 is 0.825 bits per heavy atom. The molecule has 1 amide bonds. The smallest absolute Gasteiger partial charge is 0.255 e. The molecule has 1 saturated carbocycles. The van der Waals surface area contributed by atoms with E-state index in [-0.39, 0.29) is 12.0 Å². The van der Waals surface area contributed by atoms with E-state index in [2.05, 4.69) is 86.8 Å². The summed E-state index contributed by atoms with van der Waals surface area (Å²) < 4.78 is 6.21. The SMILES string of the molecule is CCCCCc1ccccc1.CCCc1ccc(C(=O)Nc2cc(C3OCCCC4CC43)ccc2CCC)cc1. The van der Waals surface area contributed by atoms with Crippen LogP contribution in [0.15, 0.2) is 72.8 Å². The van der Waals surface area contributed by atoms with Crippen LogP contribution in [0.1, 0.15) is 111 Å². The Morgan fingerprint density at radius 2 is 1.57 bits per heavy atom. The van der Waals surface area contributed by atoms with Crippen molar-refractivity contribution in [1.82, 2.24) is 0 Å². The normalized spacial score (nSPS) is 19.5. The van der Waals surface area contributed by atoms with Crippen LogP contribution in [-0.2, 0) is 24.0 Å². The van der Waals surface area contributed by atoms with E-state index >= 15 is 0 Å². The van der Waals surface area contributed by atoms with Crippen molar-refractivity contribution in [3.8, 4) is 0 Å². The van der Waals surface area contributed by atoms with Gasteiger partial charge in [-0.2, -0.15) is 0 Å². The average molecular weight is 540 g/mol. The lowest BCUT2D eigenvalue weighted by molar-refractivity contribution is 0.0437. The first-order valence-corrected chi connectivity index (χ1v) is 15.8. The number of aryl methyl sites for hydroxylation is 3. The van der Waals surface area contributed by atoms with Gasteiger partial charge >= 0.3 is 0 Å². The Balaban J connectivity index is 0.000000283. The van der Waals surface area contributed by atoms with Gasteiger partial charge in [0.15, 0.2) is 0 Å². The summed E-state index contributed by atoms with van der Waals surface area (Å²) in [6.07, 6.45) is 13.4. The summed E-state index contributed by atoms with van der Waals surface area (Å²) >= 11 is 0. The number of hydrogen-bond acceptors (Lipinski definition) is 2. The van der Waals surface area contributed by atoms with Crippen LogP contribution in [-0.4, -0.2) is 12.5 Å². The third-order valence-corrected chi connectivity index (χ3v) is 8.28. The second-order valence-electron chi connectivity index (χ2n) is 11.6. The van der Waals surface area contributed by atoms with Crippen LogP contribution >= 0.6 is 0 Å². The van der Waals surface area contributed by atoms with Gasteiger partial charge in [0.1, 0.15) is 0 Å². The molecule has 3 aromatic carbocycles. The van der Waals surface area contributed by atoms with Gasteiger partial charge in [-0.05, 0) is 97.2 Å². The van der Waals surface area contributed by atoms with Crippen molar-refractivity contribution in [2.24, 2.45) is 11.8 Å². The summed E-state index contributed by atoms with van der Waals surface area (Å²) in [4.78, 5) is 12.9. The lowest BCUT2D eigenvalue weighted by Gasteiger charge is -2.20. The highest BCUT2D eigenvalue weighted by molar-refractivity contribution is 6.04. The monoisotopic (exact) mass is 539 g/mol. The molecule has 2 aliphatic rings. The molecule has 1 aliphatic heterocycles. The largest absolute Gasteiger partial charge is 0.373 e. The lowest BCUT2D eigenvalue weighted by Crippen LogP contribution is -2.15. The fraction of sp³-hybridized carbons (Fsp3) is 0.486. The first kappa shape index (κ1) is 30.1. The number of nitrogens with one attached hydrogen (secondary N) is 1. The Kier molecular flexibility index (Phi) is 11.8. The number of benzene rings is 3. The summed E-state index contributed by atoms with van der Waals surface area (Å²) in [6.45, 7) is 7.44. The highest BCUT2D eigenvalue weighted by atomic mass is 16.5. The molecular weight excluding hydrogens is 490 g/mol. The molecular formula is C37H49NO2. The molecule has 0 spiro atoms. The maximum absolute atomic E-state index is 12.9. The molecule has 3 aromatic rings. The summed E-state index contributed by atoms with van der Waals surface area (Å²) in [6, 6.07) is 25.3. The average Bonchev–Trinajstić information content (AvgIpc) is 3.77. The van der Waals surface area contributed by atoms with Crippen molar-refractivity contribution in [1.29, 1.82) is 0 Å². The van der Waals surface area contributed by atoms with Crippen LogP contribution in [0.3, 0.4) is 0 Å². The van der Waals surface area contributed by atoms with Crippen molar-refractivity contribution in [3.05, 3.63) is 101 Å². The van der Waals surface area contributed by atoms with Crippen LogP contribution < -0.4 is 5.32 Å². The number of ether oxygens (including phenoxy) is 1. The molecule has 3 unspecified atom stereocenters. The molecule has 3 heteroatoms. The molecule has 0 bridgehead atoms. The van der Waals surface area contributed by atoms with Gasteiger partial charge in [0.2, 0.25) is 0 Å². The third-order valence-electron chi connectivity index (χ3n) is 8.28. The molecule has 1 heterocycles. The zero-order valence-electron chi connectivity index (χ0n) is 25.0. The second-order valence-corrected chi connectivity index (χ2v) is 11.6. The zero-order chi connectivity index (χ0) is 28.2. The Bertz CT molecular complexity index is 1170. The number of amides is 1. The first-order valence-electron chi connectivity index (χ1n) is 15.8. The number of carbonyl (C=O) groups is 1. The molecule has 214 valence electrons. The number of fused-ring (bicyclic) bond motifs is 1. The van der Waals surface area contributed by atoms with Gasteiger partial charge in [-0.3, -0.25) is 4.79 Å². The van der Waals surface area contributed by atoms with Gasteiger partial charge < -0.3 is 10.1 Å². The van der Waals surface area contributed by atoms with Crippen LogP contribution in [0.2, 0.25) is 0 Å². The van der Waals surface area contributed by atoms with E-state index in [1.807, 2.05) is 12.1 Å². The van der Waals surface area contributed by atoms with E-state index in [0.717, 1.165) is 43.9 Å². The second kappa shape index (κ2) is 15.8. The van der Waals surface area contributed by atoms with Crippen molar-refractivity contribution in [2.75, 3.05) is 11.9 Å². The zero-order valence-corrected chi connectivity index (χ0v) is 25.0. The van der Waals surface area contributed by atoms with Crippen LogP contribution in [0.5, 0.6) is 0 Å². The first-order chi connectivity index (χ1) is 19.6. The van der Waals surface area contributed by atoms with E-state index in [9.17, 15) is 4.79 Å². The van der Waals surface area contributed by atoms with Crippen LogP contribution in [0.4, 0.5) is 5.69 Å². The third kappa shape index (κ3) is 8.80. The number of anilines is 1. The lowest BCUT2D eigenvalue weighted by atomic mass is 9.98. The Labute approximate surface area is 242 Å². The highest BCUT2D eigenvalue weighted by Gasteiger charge is 2.45. The molecule has 1 N–H and O–H groups in total. The molecule has 5 rings (SSSR count). The number of carbonyl (C=O) groups excluding carboxylic acids is 1. The number of hydrogen-bond donors (Lipinski definition) is 1.